The van der Waals surface area contributed by atoms with Crippen molar-refractivity contribution in [3.05, 3.63) is 39.9 Å². The van der Waals surface area contributed by atoms with Crippen molar-refractivity contribution in [3.8, 4) is 0 Å². The monoisotopic (exact) mass is 409 g/mol. The van der Waals surface area contributed by atoms with Gasteiger partial charge in [0.25, 0.3) is 0 Å². The summed E-state index contributed by atoms with van der Waals surface area (Å²) in [7, 11) is -3.33. The maximum atomic E-state index is 12.4. The number of Topliss-reactive ketones (excluding diaryl/α,β-unsaturated/α-hetero) is 1. The van der Waals surface area contributed by atoms with Crippen LogP contribution in [0.1, 0.15) is 45.1 Å². The Labute approximate surface area is 161 Å². The Bertz CT molecular complexity index is 984. The number of anilines is 1. The summed E-state index contributed by atoms with van der Waals surface area (Å²) in [5, 5.41) is 3.84. The van der Waals surface area contributed by atoms with Crippen LogP contribution in [0.15, 0.2) is 18.2 Å². The van der Waals surface area contributed by atoms with E-state index in [1.807, 2.05) is 6.92 Å². The van der Waals surface area contributed by atoms with Crippen molar-refractivity contribution in [2.24, 2.45) is 0 Å². The van der Waals surface area contributed by atoms with Gasteiger partial charge in [-0.2, -0.15) is 0 Å². The van der Waals surface area contributed by atoms with Gasteiger partial charge in [0.15, 0.2) is 17.3 Å². The van der Waals surface area contributed by atoms with E-state index in [9.17, 15) is 18.0 Å². The van der Waals surface area contributed by atoms with Crippen LogP contribution in [-0.4, -0.2) is 48.7 Å². The Kier molecular flexibility index (Phi) is 5.56. The molecular weight excluding hydrogens is 390 g/mol. The number of sulfonamides is 1. The van der Waals surface area contributed by atoms with Gasteiger partial charge in [0.05, 0.1) is 17.1 Å². The molecule has 1 aliphatic rings. The van der Waals surface area contributed by atoms with E-state index in [2.05, 4.69) is 9.59 Å². The highest BCUT2D eigenvalue weighted by Gasteiger charge is 2.28. The molecule has 27 heavy (non-hydrogen) atoms. The number of esters is 1. The molecule has 0 saturated carbocycles. The van der Waals surface area contributed by atoms with Crippen LogP contribution in [0.25, 0.3) is 0 Å². The van der Waals surface area contributed by atoms with Gasteiger partial charge in [-0.25, -0.2) is 13.2 Å². The van der Waals surface area contributed by atoms with Gasteiger partial charge in [-0.3, -0.25) is 9.10 Å². The highest BCUT2D eigenvalue weighted by atomic mass is 32.2. The highest BCUT2D eigenvalue weighted by Crippen LogP contribution is 2.31. The molecule has 0 atom stereocenters. The maximum Gasteiger partial charge on any atom is 0.352 e. The smallest absolute Gasteiger partial charge is 0.352 e. The molecule has 3 rings (SSSR count). The molecule has 0 saturated heterocycles. The summed E-state index contributed by atoms with van der Waals surface area (Å²) >= 11 is 0.941. The van der Waals surface area contributed by atoms with E-state index in [4.69, 9.17) is 4.74 Å². The predicted octanol–water partition coefficient (Wildman–Crippen LogP) is 1.85. The number of benzene rings is 1. The van der Waals surface area contributed by atoms with E-state index in [-0.39, 0.29) is 11.5 Å². The van der Waals surface area contributed by atoms with Crippen molar-refractivity contribution in [2.45, 2.75) is 26.7 Å². The second-order valence-electron chi connectivity index (χ2n) is 5.97. The zero-order valence-corrected chi connectivity index (χ0v) is 16.6. The SMILES string of the molecule is CCc1nnsc1C(=O)OCC(=O)c1ccc2c(c1)CCN2S(=O)(=O)CC. The molecule has 144 valence electrons. The van der Waals surface area contributed by atoms with Gasteiger partial charge in [0.2, 0.25) is 10.0 Å². The Morgan fingerprint density at radius 2 is 2.07 bits per heavy atom. The van der Waals surface area contributed by atoms with Crippen molar-refractivity contribution in [1.82, 2.24) is 9.59 Å². The average Bonchev–Trinajstić information content (AvgIpc) is 3.31. The predicted molar refractivity (Wildman–Crippen MR) is 101 cm³/mol. The molecule has 0 bridgehead atoms. The number of fused-ring (bicyclic) bond motifs is 1. The Hall–Kier alpha value is -2.33. The van der Waals surface area contributed by atoms with Crippen molar-refractivity contribution in [2.75, 3.05) is 23.2 Å². The molecule has 2 heterocycles. The lowest BCUT2D eigenvalue weighted by molar-refractivity contribution is 0.0478. The zero-order valence-electron chi connectivity index (χ0n) is 15.0. The van der Waals surface area contributed by atoms with Gasteiger partial charge in [-0.05, 0) is 55.1 Å². The quantitative estimate of drug-likeness (QED) is 0.507. The van der Waals surface area contributed by atoms with E-state index in [1.54, 1.807) is 25.1 Å². The number of ether oxygens (including phenoxy) is 1. The van der Waals surface area contributed by atoms with Crippen LogP contribution in [-0.2, 0) is 27.6 Å². The van der Waals surface area contributed by atoms with Gasteiger partial charge < -0.3 is 4.74 Å². The first-order chi connectivity index (χ1) is 12.9. The minimum absolute atomic E-state index is 0.0231. The summed E-state index contributed by atoms with van der Waals surface area (Å²) in [6.07, 6.45) is 1.10. The largest absolute Gasteiger partial charge is 0.453 e. The number of aryl methyl sites for hydroxylation is 1. The van der Waals surface area contributed by atoms with Crippen LogP contribution < -0.4 is 4.31 Å². The molecule has 2 aromatic rings. The standard InChI is InChI=1S/C17H19N3O5S2/c1-3-13-16(26-19-18-13)17(22)25-10-15(21)12-5-6-14-11(9-12)7-8-20(14)27(23,24)4-2/h5-6,9H,3-4,7-8,10H2,1-2H3. The lowest BCUT2D eigenvalue weighted by Gasteiger charge is -2.18. The fourth-order valence-electron chi connectivity index (χ4n) is 2.86. The van der Waals surface area contributed by atoms with Crippen LogP contribution in [0.5, 0.6) is 0 Å². The summed E-state index contributed by atoms with van der Waals surface area (Å²) in [6.45, 7) is 3.43. The summed E-state index contributed by atoms with van der Waals surface area (Å²) in [4.78, 5) is 24.8. The number of aromatic nitrogens is 2. The molecule has 1 aromatic carbocycles. The summed E-state index contributed by atoms with van der Waals surface area (Å²) in [6, 6.07) is 4.86. The van der Waals surface area contributed by atoms with Gasteiger partial charge in [-0.15, -0.1) is 5.10 Å². The van der Waals surface area contributed by atoms with E-state index in [1.165, 1.54) is 4.31 Å². The first-order valence-electron chi connectivity index (χ1n) is 8.52. The number of nitrogens with zero attached hydrogens (tertiary/aromatic N) is 3. The third-order valence-corrected chi connectivity index (χ3v) is 6.89. The lowest BCUT2D eigenvalue weighted by atomic mass is 10.1. The number of ketones is 1. The summed E-state index contributed by atoms with van der Waals surface area (Å²) in [5.74, 6) is -0.940. The van der Waals surface area contributed by atoms with Crippen LogP contribution in [0.2, 0.25) is 0 Å². The number of rotatable bonds is 7. The number of hydrogen-bond acceptors (Lipinski definition) is 8. The Morgan fingerprint density at radius 1 is 1.30 bits per heavy atom. The third kappa shape index (κ3) is 3.86. The minimum Gasteiger partial charge on any atom is -0.453 e. The molecule has 1 aliphatic heterocycles. The molecule has 8 nitrogen and oxygen atoms in total. The summed E-state index contributed by atoms with van der Waals surface area (Å²) < 4.78 is 34.4. The Morgan fingerprint density at radius 3 is 2.78 bits per heavy atom. The van der Waals surface area contributed by atoms with Crippen molar-refractivity contribution in [3.63, 3.8) is 0 Å². The lowest BCUT2D eigenvalue weighted by Crippen LogP contribution is -2.30. The highest BCUT2D eigenvalue weighted by molar-refractivity contribution is 7.92. The van der Waals surface area contributed by atoms with Gasteiger partial charge in [0.1, 0.15) is 0 Å². The fraction of sp³-hybridized carbons (Fsp3) is 0.412. The number of carbonyl (C=O) groups excluding carboxylic acids is 2. The number of hydrogen-bond donors (Lipinski definition) is 0. The molecule has 0 aliphatic carbocycles. The second kappa shape index (κ2) is 7.73. The molecule has 10 heteroatoms. The molecule has 0 N–H and O–H groups in total. The molecule has 0 spiro atoms. The van der Waals surface area contributed by atoms with E-state index in [0.717, 1.165) is 17.1 Å². The van der Waals surface area contributed by atoms with Crippen molar-refractivity contribution >= 4 is 39.0 Å². The molecule has 1 aromatic heterocycles. The molecule has 0 amide bonds. The fourth-order valence-corrected chi connectivity index (χ4v) is 4.67. The van der Waals surface area contributed by atoms with E-state index >= 15 is 0 Å². The third-order valence-electron chi connectivity index (χ3n) is 4.37. The zero-order chi connectivity index (χ0) is 19.6. The Balaban J connectivity index is 1.69. The van der Waals surface area contributed by atoms with Gasteiger partial charge >= 0.3 is 5.97 Å². The first kappa shape index (κ1) is 19.4. The van der Waals surface area contributed by atoms with Crippen molar-refractivity contribution < 1.29 is 22.7 Å². The molecule has 0 fully saturated rings. The number of carbonyl (C=O) groups is 2. The molecule has 0 unspecified atom stereocenters. The van der Waals surface area contributed by atoms with Gasteiger partial charge in [-0.1, -0.05) is 11.4 Å². The second-order valence-corrected chi connectivity index (χ2v) is 8.90. The van der Waals surface area contributed by atoms with Crippen LogP contribution >= 0.6 is 11.5 Å². The summed E-state index contributed by atoms with van der Waals surface area (Å²) in [5.41, 5.74) is 2.33. The average molecular weight is 409 g/mol. The van der Waals surface area contributed by atoms with Crippen LogP contribution in [0.3, 0.4) is 0 Å². The first-order valence-corrected chi connectivity index (χ1v) is 10.9. The van der Waals surface area contributed by atoms with E-state index in [0.29, 0.717) is 41.2 Å². The van der Waals surface area contributed by atoms with Gasteiger partial charge in [0, 0.05) is 12.1 Å². The molecular formula is C17H19N3O5S2. The normalized spacial score (nSPS) is 13.5. The van der Waals surface area contributed by atoms with E-state index < -0.39 is 22.6 Å². The van der Waals surface area contributed by atoms with Crippen molar-refractivity contribution in [1.29, 1.82) is 0 Å². The topological polar surface area (TPSA) is 107 Å². The maximum absolute atomic E-state index is 12.4. The van der Waals surface area contributed by atoms with Crippen LogP contribution in [0, 0.1) is 0 Å². The van der Waals surface area contributed by atoms with Crippen LogP contribution in [0.4, 0.5) is 5.69 Å². The minimum atomic E-state index is -3.33. The molecule has 0 radical (unpaired) electrons.